The minimum absolute atomic E-state index is 0.0410. The van der Waals surface area contributed by atoms with Crippen molar-refractivity contribution in [3.8, 4) is 17.0 Å². The summed E-state index contributed by atoms with van der Waals surface area (Å²) < 4.78 is 27.8. The van der Waals surface area contributed by atoms with E-state index in [-0.39, 0.29) is 36.6 Å². The van der Waals surface area contributed by atoms with Crippen LogP contribution in [-0.4, -0.2) is 51.0 Å². The number of rotatable bonds is 5. The van der Waals surface area contributed by atoms with Crippen LogP contribution >= 0.6 is 0 Å². The lowest BCUT2D eigenvalue weighted by atomic mass is 9.82. The van der Waals surface area contributed by atoms with Crippen LogP contribution in [0.4, 0.5) is 4.39 Å². The van der Waals surface area contributed by atoms with Gasteiger partial charge in [0.1, 0.15) is 16.7 Å². The van der Waals surface area contributed by atoms with Gasteiger partial charge in [-0.3, -0.25) is 24.4 Å². The van der Waals surface area contributed by atoms with Crippen LogP contribution < -0.4 is 10.1 Å². The normalized spacial score (nSPS) is 19.0. The number of benzene rings is 1. The Kier molecular flexibility index (Phi) is 5.17. The maximum absolute atomic E-state index is 14.9. The third kappa shape index (κ3) is 3.34. The van der Waals surface area contributed by atoms with Crippen molar-refractivity contribution in [1.29, 1.82) is 0 Å². The van der Waals surface area contributed by atoms with Crippen LogP contribution in [0.25, 0.3) is 22.4 Å². The standard InChI is InChI=1S/C27H24FN5O5/c1-13-22(14(2)32(3)31-13)16-6-8-18-17(29-16)9-20(38-18)27(10-21(34)30-26(27)36)12-33-11-15-5-7-19(37-4)24(28)23(15)25(33)35/h5-9H,10-12H2,1-4H3,(H,30,34,36)/t27-/m1/s1. The van der Waals surface area contributed by atoms with E-state index in [1.165, 1.54) is 18.1 Å². The van der Waals surface area contributed by atoms with Gasteiger partial charge in [-0.05, 0) is 37.6 Å². The van der Waals surface area contributed by atoms with Crippen LogP contribution in [0.15, 0.2) is 34.7 Å². The topological polar surface area (TPSA) is 120 Å². The Labute approximate surface area is 216 Å². The second-order valence-corrected chi connectivity index (χ2v) is 9.77. The lowest BCUT2D eigenvalue weighted by Crippen LogP contribution is -2.46. The van der Waals surface area contributed by atoms with Crippen LogP contribution in [0.2, 0.25) is 0 Å². The van der Waals surface area contributed by atoms with Crippen LogP contribution in [0.1, 0.15) is 39.5 Å². The molecule has 11 heteroatoms. The van der Waals surface area contributed by atoms with E-state index >= 15 is 0 Å². The van der Waals surface area contributed by atoms with Crippen molar-refractivity contribution in [3.63, 3.8) is 0 Å². The van der Waals surface area contributed by atoms with Gasteiger partial charge in [-0.25, -0.2) is 9.37 Å². The number of carbonyl (C=O) groups excluding carboxylic acids is 3. The predicted octanol–water partition coefficient (Wildman–Crippen LogP) is 2.93. The lowest BCUT2D eigenvalue weighted by molar-refractivity contribution is -0.127. The molecule has 4 aromatic rings. The smallest absolute Gasteiger partial charge is 0.257 e. The molecular formula is C27H24FN5O5. The molecule has 194 valence electrons. The Bertz CT molecular complexity index is 1690. The summed E-state index contributed by atoms with van der Waals surface area (Å²) in [7, 11) is 3.18. The number of methoxy groups -OCH3 is 1. The van der Waals surface area contributed by atoms with Crippen LogP contribution in [0, 0.1) is 19.7 Å². The minimum Gasteiger partial charge on any atom is -0.494 e. The quantitative estimate of drug-likeness (QED) is 0.404. The van der Waals surface area contributed by atoms with Crippen LogP contribution in [0.5, 0.6) is 5.75 Å². The van der Waals surface area contributed by atoms with E-state index in [9.17, 15) is 18.8 Å². The van der Waals surface area contributed by atoms with Crippen molar-refractivity contribution in [2.24, 2.45) is 7.05 Å². The molecule has 1 N–H and O–H groups in total. The van der Waals surface area contributed by atoms with Gasteiger partial charge in [0.25, 0.3) is 5.91 Å². The second-order valence-electron chi connectivity index (χ2n) is 9.77. The molecule has 0 spiro atoms. The van der Waals surface area contributed by atoms with Gasteiger partial charge in [-0.1, -0.05) is 6.07 Å². The Morgan fingerprint density at radius 2 is 1.95 bits per heavy atom. The Balaban J connectivity index is 1.40. The van der Waals surface area contributed by atoms with E-state index < -0.39 is 29.0 Å². The molecule has 1 atom stereocenters. The van der Waals surface area contributed by atoms with Crippen molar-refractivity contribution in [3.05, 3.63) is 64.4 Å². The Morgan fingerprint density at radius 1 is 1.16 bits per heavy atom. The van der Waals surface area contributed by atoms with E-state index in [0.29, 0.717) is 22.4 Å². The molecule has 0 unspecified atom stereocenters. The zero-order valence-electron chi connectivity index (χ0n) is 21.2. The number of fused-ring (bicyclic) bond motifs is 2. The van der Waals surface area contributed by atoms with Gasteiger partial charge in [-0.2, -0.15) is 5.10 Å². The van der Waals surface area contributed by atoms with E-state index in [4.69, 9.17) is 14.1 Å². The number of nitrogens with one attached hydrogen (secondary N) is 1. The van der Waals surface area contributed by atoms with Gasteiger partial charge >= 0.3 is 0 Å². The molecule has 0 saturated carbocycles. The first kappa shape index (κ1) is 23.8. The number of hydrogen-bond acceptors (Lipinski definition) is 7. The summed E-state index contributed by atoms with van der Waals surface area (Å²) in [6, 6.07) is 8.29. The molecule has 6 rings (SSSR count). The van der Waals surface area contributed by atoms with Crippen LogP contribution in [-0.2, 0) is 28.6 Å². The molecule has 0 aliphatic carbocycles. The summed E-state index contributed by atoms with van der Waals surface area (Å²) in [4.78, 5) is 45.0. The zero-order valence-corrected chi connectivity index (χ0v) is 21.2. The SMILES string of the molecule is COc1ccc2c(c1F)C(=O)N(C[C@@]1(c3cc4nc(-c5c(C)nn(C)c5C)ccc4o3)CC(=O)NC1=O)C2. The highest BCUT2D eigenvalue weighted by Gasteiger charge is 2.53. The Hall–Kier alpha value is -4.54. The average molecular weight is 518 g/mol. The van der Waals surface area contributed by atoms with Gasteiger partial charge in [0, 0.05) is 37.5 Å². The monoisotopic (exact) mass is 517 g/mol. The maximum atomic E-state index is 14.9. The number of nitrogens with zero attached hydrogens (tertiary/aromatic N) is 4. The zero-order chi connectivity index (χ0) is 26.9. The first-order chi connectivity index (χ1) is 18.1. The second kappa shape index (κ2) is 8.23. The highest BCUT2D eigenvalue weighted by molar-refractivity contribution is 6.10. The van der Waals surface area contributed by atoms with Gasteiger partial charge in [0.05, 0.1) is 30.5 Å². The summed E-state index contributed by atoms with van der Waals surface area (Å²) in [5.41, 5.74) is 3.20. The fourth-order valence-corrected chi connectivity index (χ4v) is 5.50. The molecule has 1 fully saturated rings. The molecule has 0 radical (unpaired) electrons. The summed E-state index contributed by atoms with van der Waals surface area (Å²) in [5.74, 6) is -2.23. The number of aromatic nitrogens is 3. The molecule has 1 saturated heterocycles. The molecule has 5 heterocycles. The Morgan fingerprint density at radius 3 is 2.61 bits per heavy atom. The lowest BCUT2D eigenvalue weighted by Gasteiger charge is -2.28. The third-order valence-corrected chi connectivity index (χ3v) is 7.50. The molecule has 2 aliphatic rings. The molecular weight excluding hydrogens is 493 g/mol. The first-order valence-corrected chi connectivity index (χ1v) is 12.0. The van der Waals surface area contributed by atoms with Crippen molar-refractivity contribution in [2.75, 3.05) is 13.7 Å². The molecule has 10 nitrogen and oxygen atoms in total. The van der Waals surface area contributed by atoms with E-state index in [1.807, 2.05) is 27.0 Å². The number of carbonyl (C=O) groups is 3. The number of furan rings is 1. The maximum Gasteiger partial charge on any atom is 0.257 e. The van der Waals surface area contributed by atoms with E-state index in [1.54, 1.807) is 22.9 Å². The first-order valence-electron chi connectivity index (χ1n) is 12.0. The fourth-order valence-electron chi connectivity index (χ4n) is 5.50. The summed E-state index contributed by atoms with van der Waals surface area (Å²) >= 11 is 0. The number of pyridine rings is 1. The van der Waals surface area contributed by atoms with E-state index in [2.05, 4.69) is 10.4 Å². The van der Waals surface area contributed by atoms with Gasteiger partial charge in [0.15, 0.2) is 17.1 Å². The number of halogens is 1. The molecule has 3 aromatic heterocycles. The number of ether oxygens (including phenoxy) is 1. The number of hydrogen-bond donors (Lipinski definition) is 1. The van der Waals surface area contributed by atoms with Gasteiger partial charge < -0.3 is 14.1 Å². The molecule has 2 aliphatic heterocycles. The number of aryl methyl sites for hydroxylation is 2. The van der Waals surface area contributed by atoms with E-state index in [0.717, 1.165) is 17.0 Å². The number of imide groups is 1. The average Bonchev–Trinajstić information content (AvgIpc) is 3.58. The molecule has 38 heavy (non-hydrogen) atoms. The van der Waals surface area contributed by atoms with Gasteiger partial charge in [0.2, 0.25) is 11.8 Å². The molecule has 0 bridgehead atoms. The minimum atomic E-state index is -1.49. The van der Waals surface area contributed by atoms with Crippen molar-refractivity contribution >= 4 is 28.8 Å². The van der Waals surface area contributed by atoms with Crippen molar-refractivity contribution in [1.82, 2.24) is 25.0 Å². The summed E-state index contributed by atoms with van der Waals surface area (Å²) in [6.07, 6.45) is -0.217. The highest BCUT2D eigenvalue weighted by atomic mass is 19.1. The predicted molar refractivity (Wildman–Crippen MR) is 133 cm³/mol. The molecule has 1 aromatic carbocycles. The summed E-state index contributed by atoms with van der Waals surface area (Å²) in [6.45, 7) is 3.77. The third-order valence-electron chi connectivity index (χ3n) is 7.50. The largest absolute Gasteiger partial charge is 0.494 e. The molecule has 3 amide bonds. The van der Waals surface area contributed by atoms with Crippen LogP contribution in [0.3, 0.4) is 0 Å². The van der Waals surface area contributed by atoms with Gasteiger partial charge in [-0.15, -0.1) is 0 Å². The highest BCUT2D eigenvalue weighted by Crippen LogP contribution is 2.40. The number of amides is 3. The summed E-state index contributed by atoms with van der Waals surface area (Å²) in [5, 5.41) is 6.80. The van der Waals surface area contributed by atoms with Crippen molar-refractivity contribution < 1.29 is 27.9 Å². The fraction of sp³-hybridized carbons (Fsp3) is 0.296. The van der Waals surface area contributed by atoms with Crippen molar-refractivity contribution in [2.45, 2.75) is 32.2 Å².